The van der Waals surface area contributed by atoms with Crippen LogP contribution >= 0.6 is 12.2 Å². The molecular formula is C24H29N3O5S. The lowest BCUT2D eigenvalue weighted by molar-refractivity contribution is -0.145. The molecule has 0 heterocycles. The standard InChI is InChI=1S/C24H29N3O5S/c1-2-18-10-12-20(13-11-18)32-17-22(29)26-27-24(33)25-21(28)14-15-23(30)31-16-6-9-19-7-4-3-5-8-19/h3-5,7-8,10-13H,2,6,9,14-17H2,1H3,(H,26,29)(H2,25,27,28,33). The first-order valence-corrected chi connectivity index (χ1v) is 11.2. The topological polar surface area (TPSA) is 106 Å². The molecule has 0 saturated carbocycles. The van der Waals surface area contributed by atoms with Crippen molar-refractivity contribution in [3.8, 4) is 5.75 Å². The third-order valence-electron chi connectivity index (χ3n) is 4.54. The molecule has 0 spiro atoms. The Labute approximate surface area is 199 Å². The highest BCUT2D eigenvalue weighted by Crippen LogP contribution is 2.12. The lowest BCUT2D eigenvalue weighted by Gasteiger charge is -2.11. The molecule has 2 rings (SSSR count). The highest BCUT2D eigenvalue weighted by Gasteiger charge is 2.10. The van der Waals surface area contributed by atoms with Crippen LogP contribution in [-0.4, -0.2) is 36.1 Å². The summed E-state index contributed by atoms with van der Waals surface area (Å²) in [5.41, 5.74) is 7.10. The summed E-state index contributed by atoms with van der Waals surface area (Å²) >= 11 is 4.95. The normalized spacial score (nSPS) is 10.1. The van der Waals surface area contributed by atoms with Gasteiger partial charge in [-0.1, -0.05) is 49.4 Å². The molecule has 0 aromatic heterocycles. The van der Waals surface area contributed by atoms with Gasteiger partial charge >= 0.3 is 5.97 Å². The summed E-state index contributed by atoms with van der Waals surface area (Å²) in [6, 6.07) is 17.3. The Balaban J connectivity index is 1.52. The number of hydrazine groups is 1. The van der Waals surface area contributed by atoms with E-state index in [1.807, 2.05) is 42.5 Å². The number of esters is 1. The third kappa shape index (κ3) is 11.1. The van der Waals surface area contributed by atoms with E-state index in [1.165, 1.54) is 11.1 Å². The quantitative estimate of drug-likeness (QED) is 0.200. The van der Waals surface area contributed by atoms with Gasteiger partial charge in [-0.3, -0.25) is 25.2 Å². The largest absolute Gasteiger partial charge is 0.484 e. The Kier molecular flexibility index (Phi) is 11.4. The van der Waals surface area contributed by atoms with E-state index in [0.29, 0.717) is 18.8 Å². The van der Waals surface area contributed by atoms with Crippen molar-refractivity contribution in [1.82, 2.24) is 16.2 Å². The first kappa shape index (κ1) is 25.8. The number of aryl methyl sites for hydroxylation is 2. The monoisotopic (exact) mass is 471 g/mol. The first-order valence-electron chi connectivity index (χ1n) is 10.8. The number of thiocarbonyl (C=S) groups is 1. The van der Waals surface area contributed by atoms with Crippen LogP contribution < -0.4 is 20.9 Å². The van der Waals surface area contributed by atoms with Crippen LogP contribution in [0.5, 0.6) is 5.75 Å². The molecule has 9 heteroatoms. The molecule has 176 valence electrons. The van der Waals surface area contributed by atoms with Gasteiger partial charge in [0.25, 0.3) is 5.91 Å². The van der Waals surface area contributed by atoms with Crippen LogP contribution in [0.25, 0.3) is 0 Å². The molecule has 0 bridgehead atoms. The van der Waals surface area contributed by atoms with Gasteiger partial charge in [-0.25, -0.2) is 0 Å². The fraction of sp³-hybridized carbons (Fsp3) is 0.333. The lowest BCUT2D eigenvalue weighted by Crippen LogP contribution is -2.49. The summed E-state index contributed by atoms with van der Waals surface area (Å²) in [5.74, 6) is -0.805. The van der Waals surface area contributed by atoms with E-state index in [-0.39, 0.29) is 24.6 Å². The molecule has 0 aliphatic carbocycles. The van der Waals surface area contributed by atoms with Crippen LogP contribution in [0.2, 0.25) is 0 Å². The molecular weight excluding hydrogens is 442 g/mol. The highest BCUT2D eigenvalue weighted by atomic mass is 32.1. The lowest BCUT2D eigenvalue weighted by atomic mass is 10.1. The number of carbonyl (C=O) groups is 3. The summed E-state index contributed by atoms with van der Waals surface area (Å²) in [6.45, 7) is 2.13. The van der Waals surface area contributed by atoms with Crippen LogP contribution in [0.4, 0.5) is 0 Å². The van der Waals surface area contributed by atoms with Gasteiger partial charge in [-0.15, -0.1) is 0 Å². The Morgan fingerprint density at radius 2 is 1.61 bits per heavy atom. The summed E-state index contributed by atoms with van der Waals surface area (Å²) in [7, 11) is 0. The van der Waals surface area contributed by atoms with E-state index in [9.17, 15) is 14.4 Å². The number of rotatable bonds is 11. The van der Waals surface area contributed by atoms with E-state index in [4.69, 9.17) is 21.7 Å². The molecule has 0 saturated heterocycles. The number of carbonyl (C=O) groups excluding carboxylic acids is 3. The number of benzene rings is 2. The van der Waals surface area contributed by atoms with Crippen molar-refractivity contribution >= 4 is 35.1 Å². The Bertz CT molecular complexity index is 919. The molecule has 0 aliphatic rings. The number of hydrogen-bond donors (Lipinski definition) is 3. The molecule has 0 unspecified atom stereocenters. The maximum atomic E-state index is 11.9. The second-order valence-corrected chi connectivity index (χ2v) is 7.55. The molecule has 8 nitrogen and oxygen atoms in total. The van der Waals surface area contributed by atoms with Gasteiger partial charge in [0.05, 0.1) is 13.0 Å². The van der Waals surface area contributed by atoms with Crippen molar-refractivity contribution in [2.75, 3.05) is 13.2 Å². The Morgan fingerprint density at radius 1 is 0.879 bits per heavy atom. The van der Waals surface area contributed by atoms with Crippen molar-refractivity contribution in [3.63, 3.8) is 0 Å². The SMILES string of the molecule is CCc1ccc(OCC(=O)NNC(=S)NC(=O)CCC(=O)OCCCc2ccccc2)cc1. The first-order chi connectivity index (χ1) is 16.0. The number of ether oxygens (including phenoxy) is 2. The number of nitrogens with one attached hydrogen (secondary N) is 3. The minimum Gasteiger partial charge on any atom is -0.484 e. The average Bonchev–Trinajstić information content (AvgIpc) is 2.83. The van der Waals surface area contributed by atoms with Crippen LogP contribution in [0.15, 0.2) is 54.6 Å². The van der Waals surface area contributed by atoms with Crippen LogP contribution in [0.3, 0.4) is 0 Å². The van der Waals surface area contributed by atoms with Crippen LogP contribution in [0, 0.1) is 0 Å². The van der Waals surface area contributed by atoms with Gasteiger partial charge in [-0.2, -0.15) is 0 Å². The van der Waals surface area contributed by atoms with Gasteiger partial charge in [0.2, 0.25) is 5.91 Å². The summed E-state index contributed by atoms with van der Waals surface area (Å²) in [6.07, 6.45) is 2.31. The smallest absolute Gasteiger partial charge is 0.306 e. The molecule has 0 aliphatic heterocycles. The molecule has 2 aromatic carbocycles. The Morgan fingerprint density at radius 3 is 2.30 bits per heavy atom. The van der Waals surface area contributed by atoms with E-state index in [0.717, 1.165) is 12.8 Å². The zero-order chi connectivity index (χ0) is 23.9. The van der Waals surface area contributed by atoms with Crippen molar-refractivity contribution in [3.05, 3.63) is 65.7 Å². The maximum absolute atomic E-state index is 11.9. The number of amides is 2. The van der Waals surface area contributed by atoms with E-state index >= 15 is 0 Å². The molecule has 0 atom stereocenters. The zero-order valence-corrected chi connectivity index (χ0v) is 19.4. The molecule has 3 N–H and O–H groups in total. The fourth-order valence-electron chi connectivity index (χ4n) is 2.75. The van der Waals surface area contributed by atoms with Gasteiger partial charge in [-0.05, 0) is 54.7 Å². The zero-order valence-electron chi connectivity index (χ0n) is 18.6. The van der Waals surface area contributed by atoms with Crippen molar-refractivity contribution in [2.24, 2.45) is 0 Å². The summed E-state index contributed by atoms with van der Waals surface area (Å²) < 4.78 is 10.5. The highest BCUT2D eigenvalue weighted by molar-refractivity contribution is 7.80. The molecule has 33 heavy (non-hydrogen) atoms. The minimum absolute atomic E-state index is 0.0587. The van der Waals surface area contributed by atoms with Crippen molar-refractivity contribution in [2.45, 2.75) is 39.0 Å². The van der Waals surface area contributed by atoms with Gasteiger partial charge < -0.3 is 14.8 Å². The van der Waals surface area contributed by atoms with Crippen molar-refractivity contribution in [1.29, 1.82) is 0 Å². The number of hydrogen-bond acceptors (Lipinski definition) is 6. The van der Waals surface area contributed by atoms with E-state index < -0.39 is 17.8 Å². The predicted molar refractivity (Wildman–Crippen MR) is 128 cm³/mol. The van der Waals surface area contributed by atoms with Crippen LogP contribution in [0.1, 0.15) is 37.3 Å². The van der Waals surface area contributed by atoms with Gasteiger partial charge in [0, 0.05) is 6.42 Å². The molecule has 2 amide bonds. The van der Waals surface area contributed by atoms with Crippen molar-refractivity contribution < 1.29 is 23.9 Å². The predicted octanol–water partition coefficient (Wildman–Crippen LogP) is 2.61. The summed E-state index contributed by atoms with van der Waals surface area (Å²) in [5, 5.41) is 2.30. The van der Waals surface area contributed by atoms with Gasteiger partial charge in [0.1, 0.15) is 5.75 Å². The second kappa shape index (κ2) is 14.6. The molecule has 0 radical (unpaired) electrons. The fourth-order valence-corrected chi connectivity index (χ4v) is 2.91. The third-order valence-corrected chi connectivity index (χ3v) is 4.75. The van der Waals surface area contributed by atoms with E-state index in [2.05, 4.69) is 23.1 Å². The van der Waals surface area contributed by atoms with Gasteiger partial charge in [0.15, 0.2) is 11.7 Å². The van der Waals surface area contributed by atoms with E-state index in [1.54, 1.807) is 12.1 Å². The molecule has 2 aromatic rings. The average molecular weight is 472 g/mol. The maximum Gasteiger partial charge on any atom is 0.306 e. The van der Waals surface area contributed by atoms with Crippen LogP contribution in [-0.2, 0) is 32.0 Å². The summed E-state index contributed by atoms with van der Waals surface area (Å²) in [4.78, 5) is 35.5. The Hall–Kier alpha value is -3.46. The minimum atomic E-state index is -0.467. The second-order valence-electron chi connectivity index (χ2n) is 7.15. The molecule has 0 fully saturated rings.